The Balaban J connectivity index is 2.30. The van der Waals surface area contributed by atoms with Crippen LogP contribution in [-0.2, 0) is 0 Å². The van der Waals surface area contributed by atoms with E-state index in [1.165, 1.54) is 12.8 Å². The van der Waals surface area contributed by atoms with Crippen molar-refractivity contribution in [3.05, 3.63) is 0 Å². The Morgan fingerprint density at radius 3 is 2.44 bits per heavy atom. The van der Waals surface area contributed by atoms with Crippen LogP contribution in [0.25, 0.3) is 0 Å². The van der Waals surface area contributed by atoms with Gasteiger partial charge in [-0.15, -0.1) is 0 Å². The molecule has 0 spiro atoms. The van der Waals surface area contributed by atoms with E-state index in [0.717, 1.165) is 12.8 Å². The molecule has 9 heavy (non-hydrogen) atoms. The van der Waals surface area contributed by atoms with Crippen molar-refractivity contribution in [1.29, 1.82) is 0 Å². The first-order chi connectivity index (χ1) is 4.34. The third-order valence-corrected chi connectivity index (χ3v) is 2.67. The standard InChI is InChI=1S/C6H12INO/c7-8-5-3-1-2-4-6(5)9/h5-6,8-9H,1-4H2/t5-,6+/m0/s1. The van der Waals surface area contributed by atoms with E-state index >= 15 is 0 Å². The zero-order valence-electron chi connectivity index (χ0n) is 5.31. The quantitative estimate of drug-likeness (QED) is 0.534. The van der Waals surface area contributed by atoms with Crippen LogP contribution in [0.1, 0.15) is 25.7 Å². The molecule has 1 fully saturated rings. The first-order valence-electron chi connectivity index (χ1n) is 3.39. The lowest BCUT2D eigenvalue weighted by Crippen LogP contribution is -2.36. The molecule has 1 aliphatic carbocycles. The van der Waals surface area contributed by atoms with Gasteiger partial charge >= 0.3 is 0 Å². The molecule has 54 valence electrons. The summed E-state index contributed by atoms with van der Waals surface area (Å²) >= 11 is 2.11. The van der Waals surface area contributed by atoms with Crippen LogP contribution < -0.4 is 3.53 Å². The van der Waals surface area contributed by atoms with Crippen molar-refractivity contribution in [1.82, 2.24) is 3.53 Å². The van der Waals surface area contributed by atoms with Gasteiger partial charge in [0.25, 0.3) is 0 Å². The topological polar surface area (TPSA) is 32.3 Å². The molecule has 0 aromatic carbocycles. The van der Waals surface area contributed by atoms with Crippen LogP contribution in [0, 0.1) is 0 Å². The van der Waals surface area contributed by atoms with Gasteiger partial charge < -0.3 is 5.11 Å². The molecule has 1 aliphatic rings. The van der Waals surface area contributed by atoms with Crippen LogP contribution in [0.4, 0.5) is 0 Å². The number of halogens is 1. The molecule has 0 aromatic rings. The molecular formula is C6H12INO. The van der Waals surface area contributed by atoms with E-state index in [2.05, 4.69) is 26.4 Å². The normalized spacial score (nSPS) is 36.7. The number of aliphatic hydroxyl groups excluding tert-OH is 1. The Kier molecular flexibility index (Phi) is 3.21. The summed E-state index contributed by atoms with van der Waals surface area (Å²) in [5.41, 5.74) is 0. The van der Waals surface area contributed by atoms with Gasteiger partial charge in [0.1, 0.15) is 0 Å². The molecule has 2 atom stereocenters. The number of rotatable bonds is 1. The second kappa shape index (κ2) is 3.73. The second-order valence-corrected chi connectivity index (χ2v) is 3.19. The number of aliphatic hydroxyl groups is 1. The molecule has 2 nitrogen and oxygen atoms in total. The molecular weight excluding hydrogens is 229 g/mol. The van der Waals surface area contributed by atoms with Crippen LogP contribution in [0.3, 0.4) is 0 Å². The van der Waals surface area contributed by atoms with E-state index in [1.54, 1.807) is 0 Å². The van der Waals surface area contributed by atoms with Crippen LogP contribution in [0.15, 0.2) is 0 Å². The molecule has 0 unspecified atom stereocenters. The Morgan fingerprint density at radius 1 is 1.33 bits per heavy atom. The second-order valence-electron chi connectivity index (χ2n) is 2.57. The predicted molar refractivity (Wildman–Crippen MR) is 45.4 cm³/mol. The van der Waals surface area contributed by atoms with Crippen LogP contribution in [-0.4, -0.2) is 17.3 Å². The zero-order valence-corrected chi connectivity index (χ0v) is 7.47. The van der Waals surface area contributed by atoms with Gasteiger partial charge in [-0.05, 0) is 12.8 Å². The van der Waals surface area contributed by atoms with Gasteiger partial charge in [-0.1, -0.05) is 12.8 Å². The van der Waals surface area contributed by atoms with Crippen LogP contribution >= 0.6 is 22.9 Å². The van der Waals surface area contributed by atoms with Crippen molar-refractivity contribution >= 4 is 22.9 Å². The van der Waals surface area contributed by atoms with Crippen LogP contribution in [0.2, 0.25) is 0 Å². The van der Waals surface area contributed by atoms with Crippen molar-refractivity contribution in [2.24, 2.45) is 0 Å². The van der Waals surface area contributed by atoms with Crippen molar-refractivity contribution in [2.75, 3.05) is 0 Å². The van der Waals surface area contributed by atoms with E-state index in [9.17, 15) is 5.11 Å². The van der Waals surface area contributed by atoms with E-state index in [-0.39, 0.29) is 6.10 Å². The molecule has 0 amide bonds. The van der Waals surface area contributed by atoms with Gasteiger partial charge in [0.05, 0.1) is 6.10 Å². The van der Waals surface area contributed by atoms with E-state index in [1.807, 2.05) is 0 Å². The van der Waals surface area contributed by atoms with Gasteiger partial charge in [-0.2, -0.15) is 0 Å². The maximum Gasteiger partial charge on any atom is 0.0700 e. The Labute approximate surface area is 69.5 Å². The Bertz CT molecular complexity index is 89.1. The maximum absolute atomic E-state index is 9.30. The lowest BCUT2D eigenvalue weighted by Gasteiger charge is -2.25. The van der Waals surface area contributed by atoms with E-state index < -0.39 is 0 Å². The van der Waals surface area contributed by atoms with Gasteiger partial charge in [-0.3, -0.25) is 3.53 Å². The summed E-state index contributed by atoms with van der Waals surface area (Å²) < 4.78 is 3.07. The van der Waals surface area contributed by atoms with Crippen molar-refractivity contribution in [3.8, 4) is 0 Å². The summed E-state index contributed by atoms with van der Waals surface area (Å²) in [5, 5.41) is 9.30. The minimum absolute atomic E-state index is 0.101. The monoisotopic (exact) mass is 241 g/mol. The van der Waals surface area contributed by atoms with Gasteiger partial charge in [0.2, 0.25) is 0 Å². The fraction of sp³-hybridized carbons (Fsp3) is 1.00. The molecule has 0 radical (unpaired) electrons. The summed E-state index contributed by atoms with van der Waals surface area (Å²) in [5.74, 6) is 0. The first kappa shape index (κ1) is 7.75. The minimum Gasteiger partial charge on any atom is -0.391 e. The molecule has 2 N–H and O–H groups in total. The van der Waals surface area contributed by atoms with Crippen molar-refractivity contribution < 1.29 is 5.11 Å². The smallest absolute Gasteiger partial charge is 0.0700 e. The first-order valence-corrected chi connectivity index (χ1v) is 4.46. The number of hydrogen-bond acceptors (Lipinski definition) is 2. The molecule has 1 saturated carbocycles. The Hall–Kier alpha value is 0.650. The third kappa shape index (κ3) is 2.05. The SMILES string of the molecule is O[C@@H]1CCCC[C@@H]1NI. The Morgan fingerprint density at radius 2 is 2.00 bits per heavy atom. The lowest BCUT2D eigenvalue weighted by molar-refractivity contribution is 0.104. The highest BCUT2D eigenvalue weighted by Crippen LogP contribution is 2.18. The summed E-state index contributed by atoms with van der Waals surface area (Å²) in [6, 6.07) is 0.347. The maximum atomic E-state index is 9.30. The molecule has 0 saturated heterocycles. The number of nitrogens with one attached hydrogen (secondary N) is 1. The minimum atomic E-state index is -0.101. The fourth-order valence-electron chi connectivity index (χ4n) is 1.24. The third-order valence-electron chi connectivity index (χ3n) is 1.87. The highest BCUT2D eigenvalue weighted by atomic mass is 127. The highest BCUT2D eigenvalue weighted by Gasteiger charge is 2.20. The molecule has 1 rings (SSSR count). The predicted octanol–water partition coefficient (Wildman–Crippen LogP) is 1.23. The average molecular weight is 241 g/mol. The zero-order chi connectivity index (χ0) is 6.69. The van der Waals surface area contributed by atoms with Crippen molar-refractivity contribution in [2.45, 2.75) is 37.8 Å². The van der Waals surface area contributed by atoms with E-state index in [4.69, 9.17) is 0 Å². The molecule has 0 heterocycles. The fourth-order valence-corrected chi connectivity index (χ4v) is 1.97. The molecule has 0 aliphatic heterocycles. The van der Waals surface area contributed by atoms with Gasteiger partial charge in [-0.25, -0.2) is 0 Å². The summed E-state index contributed by atoms with van der Waals surface area (Å²) in [4.78, 5) is 0. The molecule has 0 aromatic heterocycles. The number of hydrogen-bond donors (Lipinski definition) is 2. The highest BCUT2D eigenvalue weighted by molar-refractivity contribution is 14.1. The molecule has 0 bridgehead atoms. The summed E-state index contributed by atoms with van der Waals surface area (Å²) in [6.07, 6.45) is 4.45. The summed E-state index contributed by atoms with van der Waals surface area (Å²) in [6.45, 7) is 0. The van der Waals surface area contributed by atoms with Crippen LogP contribution in [0.5, 0.6) is 0 Å². The lowest BCUT2D eigenvalue weighted by atomic mass is 9.94. The summed E-state index contributed by atoms with van der Waals surface area (Å²) in [7, 11) is 0. The van der Waals surface area contributed by atoms with Gasteiger partial charge in [0, 0.05) is 28.9 Å². The van der Waals surface area contributed by atoms with E-state index in [0.29, 0.717) is 6.04 Å². The van der Waals surface area contributed by atoms with Crippen molar-refractivity contribution in [3.63, 3.8) is 0 Å². The average Bonchev–Trinajstić information content (AvgIpc) is 1.89. The molecule has 3 heteroatoms. The largest absolute Gasteiger partial charge is 0.391 e. The van der Waals surface area contributed by atoms with Gasteiger partial charge in [0.15, 0.2) is 0 Å².